The highest BCUT2D eigenvalue weighted by Crippen LogP contribution is 2.38. The fourth-order valence-electron chi connectivity index (χ4n) is 16.4. The number of carbonyl (C=O) groups is 4. The smallest absolute Gasteiger partial charge is 0.399 e. The van der Waals surface area contributed by atoms with Gasteiger partial charge in [-0.1, -0.05) is 115 Å². The minimum absolute atomic E-state index is 0.172. The van der Waals surface area contributed by atoms with Crippen LogP contribution in [0.3, 0.4) is 0 Å². The van der Waals surface area contributed by atoms with Crippen molar-refractivity contribution in [2.45, 2.75) is 209 Å². The molecule has 0 bridgehead atoms. The first-order valence-corrected chi connectivity index (χ1v) is 44.0. The average molecular weight is 1690 g/mol. The zero-order valence-corrected chi connectivity index (χ0v) is 73.7. The maximum absolute atomic E-state index is 13.6. The molecular formula is C94H120BBrN16O8. The topological polar surface area (TPSA) is 271 Å². The van der Waals surface area contributed by atoms with Gasteiger partial charge in [0.1, 0.15) is 22.8 Å². The van der Waals surface area contributed by atoms with Crippen LogP contribution in [0, 0.1) is 25.7 Å². The molecule has 120 heavy (non-hydrogen) atoms. The zero-order valence-electron chi connectivity index (χ0n) is 72.1. The number of rotatable bonds is 26. The number of piperidine rings is 2. The third-order valence-electron chi connectivity index (χ3n) is 24.5. The van der Waals surface area contributed by atoms with E-state index in [1.165, 1.54) is 86.1 Å². The molecule has 0 radical (unpaired) electrons. The lowest BCUT2D eigenvalue weighted by molar-refractivity contribution is 0.00578. The predicted molar refractivity (Wildman–Crippen MR) is 479 cm³/mol. The number of aromatic nitrogens is 8. The summed E-state index contributed by atoms with van der Waals surface area (Å²) in [6, 6.07) is 40.3. The fraction of sp³-hybridized carbons (Fsp3) is 0.468. The second kappa shape index (κ2) is 40.7. The van der Waals surface area contributed by atoms with E-state index < -0.39 is 0 Å². The summed E-state index contributed by atoms with van der Waals surface area (Å²) in [7, 11) is 4.17. The molecule has 5 saturated heterocycles. The summed E-state index contributed by atoms with van der Waals surface area (Å²) in [5, 5.41) is 30.5. The van der Waals surface area contributed by atoms with Crippen molar-refractivity contribution in [1.29, 1.82) is 0 Å². The van der Waals surface area contributed by atoms with Gasteiger partial charge in [-0.3, -0.25) is 19.2 Å². The first-order valence-electron chi connectivity index (χ1n) is 43.2. The number of nitrogens with one attached hydrogen (secondary N) is 6. The van der Waals surface area contributed by atoms with Gasteiger partial charge in [0.05, 0.1) is 45.7 Å². The summed E-state index contributed by atoms with van der Waals surface area (Å²) >= 11 is 3.52. The van der Waals surface area contributed by atoms with Crippen LogP contribution >= 0.6 is 15.9 Å². The molecule has 0 aliphatic carbocycles. The zero-order chi connectivity index (χ0) is 84.6. The SMILES string of the molecule is CCc1nc2c(cnn2CC)c(NC2CCOCC2)c1CNC(=O)c1cccc(C(=O)NCc2ccc(C)c(-c3cccc(CC4CCN(C)CC4)c3)c2)n1.CCc1nc2c(cnn2CC)c(NC2CCOCC2)c1CNC(=O)c1cccc(C(=O)NCc2ccc(C)c(Br)c2)n1.CN1CCC(Cc2cccc(B3OC(C)(C)C(C)(C)O3)c2)CC1. The lowest BCUT2D eigenvalue weighted by Gasteiger charge is -2.32. The molecule has 0 atom stereocenters. The minimum Gasteiger partial charge on any atom is -0.399 e. The number of nitrogens with zero attached hydrogens (tertiary/aromatic N) is 10. The quantitative estimate of drug-likeness (QED) is 0.0275. The Bertz CT molecular complexity index is 5200. The monoisotopic (exact) mass is 1690 g/mol. The van der Waals surface area contributed by atoms with Gasteiger partial charge in [-0.2, -0.15) is 10.2 Å². The Kier molecular flexibility index (Phi) is 29.9. The Balaban J connectivity index is 0.000000168. The van der Waals surface area contributed by atoms with Crippen LogP contribution in [0.15, 0.2) is 138 Å². The number of hydrogen-bond donors (Lipinski definition) is 6. The number of pyridine rings is 4. The van der Waals surface area contributed by atoms with Crippen molar-refractivity contribution >= 4 is 85.6 Å². The van der Waals surface area contributed by atoms with Crippen molar-refractivity contribution in [3.63, 3.8) is 0 Å². The number of amides is 4. The van der Waals surface area contributed by atoms with Crippen LogP contribution in [0.25, 0.3) is 33.2 Å². The van der Waals surface area contributed by atoms with E-state index in [0.717, 1.165) is 127 Å². The van der Waals surface area contributed by atoms with Gasteiger partial charge >= 0.3 is 7.12 Å². The van der Waals surface area contributed by atoms with Crippen molar-refractivity contribution in [3.8, 4) is 11.1 Å². The van der Waals surface area contributed by atoms with E-state index in [0.29, 0.717) is 65.4 Å². The Hall–Kier alpha value is -9.80. The van der Waals surface area contributed by atoms with Crippen LogP contribution in [0.2, 0.25) is 0 Å². The Morgan fingerprint density at radius 3 is 1.32 bits per heavy atom. The van der Waals surface area contributed by atoms with E-state index in [1.807, 2.05) is 59.9 Å². The van der Waals surface area contributed by atoms with Crippen molar-refractivity contribution in [2.24, 2.45) is 11.8 Å². The molecule has 4 aromatic carbocycles. The van der Waals surface area contributed by atoms with Gasteiger partial charge in [-0.05, 0) is 271 Å². The maximum atomic E-state index is 13.6. The van der Waals surface area contributed by atoms with Gasteiger partial charge in [-0.15, -0.1) is 0 Å². The second-order valence-electron chi connectivity index (χ2n) is 33.7. The third-order valence-corrected chi connectivity index (χ3v) is 25.4. The first kappa shape index (κ1) is 88.0. The van der Waals surface area contributed by atoms with Gasteiger partial charge in [-0.25, -0.2) is 29.3 Å². The fourth-order valence-corrected chi connectivity index (χ4v) is 16.8. The van der Waals surface area contributed by atoms with Crippen LogP contribution in [-0.4, -0.2) is 170 Å². The summed E-state index contributed by atoms with van der Waals surface area (Å²) in [5.74, 6) is 0.119. The number of halogens is 1. The normalized spacial score (nSPS) is 16.8. The Labute approximate surface area is 715 Å². The average Bonchev–Trinajstić information content (AvgIpc) is 1.59. The van der Waals surface area contributed by atoms with E-state index in [-0.39, 0.29) is 89.9 Å². The van der Waals surface area contributed by atoms with Gasteiger partial charge in [0.25, 0.3) is 23.6 Å². The highest BCUT2D eigenvalue weighted by Gasteiger charge is 2.52. The largest absolute Gasteiger partial charge is 0.494 e. The number of carbonyl (C=O) groups excluding carboxylic acids is 4. The number of ether oxygens (including phenoxy) is 2. The van der Waals surface area contributed by atoms with Gasteiger partial charge in [0.15, 0.2) is 11.3 Å². The Morgan fingerprint density at radius 1 is 0.475 bits per heavy atom. The van der Waals surface area contributed by atoms with E-state index in [2.05, 4.69) is 208 Å². The van der Waals surface area contributed by atoms with Gasteiger partial charge in [0, 0.05) is 105 Å². The summed E-state index contributed by atoms with van der Waals surface area (Å²) in [6.45, 7) is 31.0. The van der Waals surface area contributed by atoms with E-state index in [1.54, 1.807) is 36.4 Å². The molecule has 24 nitrogen and oxygen atoms in total. The number of likely N-dealkylation sites (tertiary alicyclic amines) is 2. The van der Waals surface area contributed by atoms with E-state index in [4.69, 9.17) is 28.8 Å². The summed E-state index contributed by atoms with van der Waals surface area (Å²) in [6.07, 6.45) is 16.1. The molecule has 5 fully saturated rings. The standard InChI is InChI=1S/C44H54N8O3.C31H36BrN7O3.C19H30BNO2/c1-5-38-36(41(48-34-17-21-55-22-18-34)37-28-47-52(6-2)42(37)50-38)27-46-44(54)40-12-8-11-39(49-40)43(53)45-26-32-14-13-29(3)35(25-32)33-10-7-9-31(24-33)23-30-15-19-51(4)20-16-30;1-4-25-22(28(36-21-11-13-42-14-12-21)23-18-35-39(5-2)29(23)38-25)17-34-31(41)27-8-6-7-26(37-27)30(40)33-16-20-10-9-19(3)24(32)15-20;1-18(2)19(3,4)23-20(22-18)17-8-6-7-16(14-17)13-15-9-11-21(5)12-10-15/h7-14,24-25,28,30,34H,5-6,15-23,26-27H2,1-4H3,(H,45,53)(H,46,54)(H,48,50);6-10,15,18,21H,4-5,11-14,16-17H2,1-3H3,(H,33,40)(H,34,41)(H,36,38);6-8,14-15H,9-13H2,1-5H3. The Morgan fingerprint density at radius 2 is 0.883 bits per heavy atom. The van der Waals surface area contributed by atoms with E-state index >= 15 is 0 Å². The molecule has 0 saturated carbocycles. The molecule has 15 rings (SSSR count). The number of fused-ring (bicyclic) bond motifs is 2. The molecule has 6 N–H and O–H groups in total. The highest BCUT2D eigenvalue weighted by molar-refractivity contribution is 9.10. The number of aryl methyl sites for hydroxylation is 6. The van der Waals surface area contributed by atoms with Crippen LogP contribution < -0.4 is 37.4 Å². The van der Waals surface area contributed by atoms with Crippen molar-refractivity contribution in [1.82, 2.24) is 70.6 Å². The van der Waals surface area contributed by atoms with E-state index in [9.17, 15) is 19.2 Å². The predicted octanol–water partition coefficient (Wildman–Crippen LogP) is 14.5. The highest BCUT2D eigenvalue weighted by atomic mass is 79.9. The summed E-state index contributed by atoms with van der Waals surface area (Å²) in [5.41, 5.74) is 18.0. The van der Waals surface area contributed by atoms with Gasteiger partial charge in [0.2, 0.25) is 0 Å². The molecule has 26 heteroatoms. The third kappa shape index (κ3) is 22.1. The van der Waals surface area contributed by atoms with Crippen molar-refractivity contribution < 1.29 is 38.0 Å². The molecular weight excluding hydrogens is 1570 g/mol. The lowest BCUT2D eigenvalue weighted by atomic mass is 9.77. The molecule has 11 heterocycles. The molecule has 0 unspecified atom stereocenters. The molecule has 5 aliphatic rings. The molecule has 10 aromatic rings. The number of hydrogen-bond acceptors (Lipinski definition) is 18. The number of benzene rings is 4. The lowest BCUT2D eigenvalue weighted by Crippen LogP contribution is -2.41. The number of anilines is 2. The molecule has 4 amide bonds. The first-order chi connectivity index (χ1) is 57.9. The molecule has 5 aliphatic heterocycles. The van der Waals surface area contributed by atoms with Crippen LogP contribution in [-0.2, 0) is 83.7 Å². The molecule has 634 valence electrons. The summed E-state index contributed by atoms with van der Waals surface area (Å²) < 4.78 is 28.3. The summed E-state index contributed by atoms with van der Waals surface area (Å²) in [4.78, 5) is 76.6. The molecule has 0 spiro atoms. The van der Waals surface area contributed by atoms with Crippen LogP contribution in [0.5, 0.6) is 0 Å². The van der Waals surface area contributed by atoms with Crippen LogP contribution in [0.4, 0.5) is 11.4 Å². The van der Waals surface area contributed by atoms with Crippen molar-refractivity contribution in [2.75, 3.05) is 77.3 Å². The second-order valence-corrected chi connectivity index (χ2v) is 34.6. The molecule has 6 aromatic heterocycles. The van der Waals surface area contributed by atoms with Gasteiger partial charge < -0.3 is 60.5 Å². The minimum atomic E-state index is -0.365. The van der Waals surface area contributed by atoms with Crippen molar-refractivity contribution in [3.05, 3.63) is 217 Å². The van der Waals surface area contributed by atoms with Crippen LogP contribution in [0.1, 0.15) is 205 Å². The maximum Gasteiger partial charge on any atom is 0.494 e.